The Morgan fingerprint density at radius 3 is 2.51 bits per heavy atom. The molecular formula is C26H21F3N4O4. The van der Waals surface area contributed by atoms with Crippen molar-refractivity contribution in [3.05, 3.63) is 77.6 Å². The molecule has 0 aliphatic rings. The first-order chi connectivity index (χ1) is 17.6. The maximum Gasteiger partial charge on any atom is 0.433 e. The van der Waals surface area contributed by atoms with Crippen molar-refractivity contribution in [2.45, 2.75) is 13.1 Å². The van der Waals surface area contributed by atoms with E-state index in [9.17, 15) is 22.8 Å². The van der Waals surface area contributed by atoms with Gasteiger partial charge in [-0.3, -0.25) is 9.78 Å². The summed E-state index contributed by atoms with van der Waals surface area (Å²) in [5, 5.41) is 3.60. The van der Waals surface area contributed by atoms with Crippen LogP contribution in [-0.4, -0.2) is 35.6 Å². The molecule has 11 heteroatoms. The molecule has 0 spiro atoms. The smallest absolute Gasteiger partial charge is 0.433 e. The second kappa shape index (κ2) is 10.1. The minimum Gasteiger partial charge on any atom is -0.481 e. The standard InChI is InChI=1S/C26H21F3N4O4/c1-3-37-25(35)15-5-4-6-17(9-15)32-23-18-8-7-14(10-20(18)31-13-19(23)24(30)34)16-11-21(26(27,28)29)33-22(12-16)36-2/h4-13H,3H2,1-2H3,(H2,30,34)(H,31,32). The molecule has 190 valence electrons. The maximum absolute atomic E-state index is 13.3. The molecule has 0 saturated carbocycles. The van der Waals surface area contributed by atoms with Crippen molar-refractivity contribution in [1.29, 1.82) is 0 Å². The lowest BCUT2D eigenvalue weighted by atomic mass is 10.0. The first-order valence-electron chi connectivity index (χ1n) is 11.0. The van der Waals surface area contributed by atoms with Crippen LogP contribution < -0.4 is 15.8 Å². The fraction of sp³-hybridized carbons (Fsp3) is 0.154. The van der Waals surface area contributed by atoms with Gasteiger partial charge in [0.15, 0.2) is 0 Å². The maximum atomic E-state index is 13.3. The number of anilines is 2. The second-order valence-electron chi connectivity index (χ2n) is 7.85. The quantitative estimate of drug-likeness (QED) is 0.322. The third-order valence-corrected chi connectivity index (χ3v) is 5.41. The molecule has 0 unspecified atom stereocenters. The molecule has 0 fully saturated rings. The lowest BCUT2D eigenvalue weighted by molar-refractivity contribution is -0.141. The van der Waals surface area contributed by atoms with Crippen molar-refractivity contribution in [1.82, 2.24) is 9.97 Å². The number of nitrogens with zero attached hydrogens (tertiary/aromatic N) is 2. The number of primary amides is 1. The van der Waals surface area contributed by atoms with Gasteiger partial charge in [-0.15, -0.1) is 0 Å². The van der Waals surface area contributed by atoms with Crippen LogP contribution in [0.4, 0.5) is 24.5 Å². The minimum atomic E-state index is -4.66. The zero-order valence-corrected chi connectivity index (χ0v) is 19.7. The molecule has 0 aliphatic heterocycles. The third kappa shape index (κ3) is 5.45. The lowest BCUT2D eigenvalue weighted by Gasteiger charge is -2.15. The molecule has 0 atom stereocenters. The molecule has 2 aromatic carbocycles. The van der Waals surface area contributed by atoms with Crippen molar-refractivity contribution in [3.63, 3.8) is 0 Å². The molecule has 2 heterocycles. The van der Waals surface area contributed by atoms with E-state index in [2.05, 4.69) is 15.3 Å². The number of esters is 1. The Morgan fingerprint density at radius 2 is 1.84 bits per heavy atom. The van der Waals surface area contributed by atoms with Crippen molar-refractivity contribution in [3.8, 4) is 17.0 Å². The molecule has 0 radical (unpaired) electrons. The van der Waals surface area contributed by atoms with Gasteiger partial charge in [0.25, 0.3) is 5.91 Å². The first-order valence-corrected chi connectivity index (χ1v) is 11.0. The van der Waals surface area contributed by atoms with Crippen LogP contribution in [0, 0.1) is 0 Å². The van der Waals surface area contributed by atoms with Gasteiger partial charge < -0.3 is 20.5 Å². The van der Waals surface area contributed by atoms with Gasteiger partial charge >= 0.3 is 12.1 Å². The molecule has 2 aromatic heterocycles. The van der Waals surface area contributed by atoms with Crippen LogP contribution >= 0.6 is 0 Å². The van der Waals surface area contributed by atoms with Crippen molar-refractivity contribution in [2.24, 2.45) is 5.73 Å². The van der Waals surface area contributed by atoms with Crippen LogP contribution in [0.15, 0.2) is 60.8 Å². The van der Waals surface area contributed by atoms with E-state index in [1.165, 1.54) is 19.4 Å². The number of nitrogens with one attached hydrogen (secondary N) is 1. The van der Waals surface area contributed by atoms with Gasteiger partial charge in [0.2, 0.25) is 5.88 Å². The number of amides is 1. The molecule has 4 rings (SSSR count). The number of hydrogen-bond acceptors (Lipinski definition) is 7. The Morgan fingerprint density at radius 1 is 1.05 bits per heavy atom. The number of aromatic nitrogens is 2. The number of pyridine rings is 2. The van der Waals surface area contributed by atoms with Gasteiger partial charge in [-0.1, -0.05) is 18.2 Å². The fourth-order valence-corrected chi connectivity index (χ4v) is 3.70. The number of hydrogen-bond donors (Lipinski definition) is 2. The summed E-state index contributed by atoms with van der Waals surface area (Å²) in [6.07, 6.45) is -3.38. The van der Waals surface area contributed by atoms with Gasteiger partial charge in [-0.05, 0) is 48.4 Å². The van der Waals surface area contributed by atoms with E-state index in [1.807, 2.05) is 0 Å². The molecule has 8 nitrogen and oxygen atoms in total. The largest absolute Gasteiger partial charge is 0.481 e. The Bertz CT molecular complexity index is 1510. The number of benzene rings is 2. The van der Waals surface area contributed by atoms with E-state index in [4.69, 9.17) is 15.2 Å². The van der Waals surface area contributed by atoms with Gasteiger partial charge in [-0.25, -0.2) is 9.78 Å². The number of halogens is 3. The summed E-state index contributed by atoms with van der Waals surface area (Å²) < 4.78 is 50.0. The van der Waals surface area contributed by atoms with Crippen LogP contribution in [0.3, 0.4) is 0 Å². The summed E-state index contributed by atoms with van der Waals surface area (Å²) in [7, 11) is 1.23. The zero-order chi connectivity index (χ0) is 26.7. The summed E-state index contributed by atoms with van der Waals surface area (Å²) in [4.78, 5) is 32.0. The van der Waals surface area contributed by atoms with E-state index < -0.39 is 23.7 Å². The molecule has 0 aliphatic carbocycles. The van der Waals surface area contributed by atoms with Crippen molar-refractivity contribution < 1.29 is 32.2 Å². The van der Waals surface area contributed by atoms with Crippen molar-refractivity contribution >= 4 is 34.2 Å². The number of carbonyl (C=O) groups is 2. The Labute approximate surface area is 209 Å². The Kier molecular flexibility index (Phi) is 6.96. The SMILES string of the molecule is CCOC(=O)c1cccc(Nc2c(C(N)=O)cnc3cc(-c4cc(OC)nc(C(F)(F)F)c4)ccc23)c1. The number of carbonyl (C=O) groups excluding carboxylic acids is 2. The Hall–Kier alpha value is -4.67. The van der Waals surface area contributed by atoms with Crippen LogP contribution in [-0.2, 0) is 10.9 Å². The number of methoxy groups -OCH3 is 1. The van der Waals surface area contributed by atoms with Gasteiger partial charge in [0, 0.05) is 23.3 Å². The van der Waals surface area contributed by atoms with Crippen LogP contribution in [0.25, 0.3) is 22.0 Å². The predicted molar refractivity (Wildman–Crippen MR) is 131 cm³/mol. The average molecular weight is 510 g/mol. The molecule has 1 amide bonds. The number of alkyl halides is 3. The van der Waals surface area contributed by atoms with E-state index in [1.54, 1.807) is 49.4 Å². The van der Waals surface area contributed by atoms with Crippen LogP contribution in [0.2, 0.25) is 0 Å². The monoisotopic (exact) mass is 510 g/mol. The fourth-order valence-electron chi connectivity index (χ4n) is 3.70. The second-order valence-corrected chi connectivity index (χ2v) is 7.85. The summed E-state index contributed by atoms with van der Waals surface area (Å²) in [6, 6.07) is 13.6. The average Bonchev–Trinajstić information content (AvgIpc) is 2.87. The van der Waals surface area contributed by atoms with Gasteiger partial charge in [0.1, 0.15) is 5.69 Å². The van der Waals surface area contributed by atoms with E-state index in [-0.39, 0.29) is 23.6 Å². The summed E-state index contributed by atoms with van der Waals surface area (Å²) in [5.74, 6) is -1.43. The highest BCUT2D eigenvalue weighted by Gasteiger charge is 2.33. The topological polar surface area (TPSA) is 116 Å². The molecule has 37 heavy (non-hydrogen) atoms. The van der Waals surface area contributed by atoms with Crippen molar-refractivity contribution in [2.75, 3.05) is 19.0 Å². The molecule has 3 N–H and O–H groups in total. The normalized spacial score (nSPS) is 11.3. The Balaban J connectivity index is 1.81. The van der Waals surface area contributed by atoms with E-state index in [0.29, 0.717) is 33.4 Å². The van der Waals surface area contributed by atoms with Gasteiger partial charge in [-0.2, -0.15) is 13.2 Å². The summed E-state index contributed by atoms with van der Waals surface area (Å²) in [6.45, 7) is 1.91. The third-order valence-electron chi connectivity index (χ3n) is 5.41. The van der Waals surface area contributed by atoms with E-state index >= 15 is 0 Å². The number of nitrogens with two attached hydrogens (primary N) is 1. The summed E-state index contributed by atoms with van der Waals surface area (Å²) in [5.41, 5.74) is 6.71. The molecule has 4 aromatic rings. The minimum absolute atomic E-state index is 0.0896. The highest BCUT2D eigenvalue weighted by atomic mass is 19.4. The highest BCUT2D eigenvalue weighted by Crippen LogP contribution is 2.36. The molecule has 0 saturated heterocycles. The zero-order valence-electron chi connectivity index (χ0n) is 19.7. The summed E-state index contributed by atoms with van der Waals surface area (Å²) >= 11 is 0. The number of ether oxygens (including phenoxy) is 2. The lowest BCUT2D eigenvalue weighted by Crippen LogP contribution is -2.14. The first kappa shape index (κ1) is 25.4. The number of fused-ring (bicyclic) bond motifs is 1. The van der Waals surface area contributed by atoms with E-state index in [0.717, 1.165) is 6.07 Å². The predicted octanol–water partition coefficient (Wildman–Crippen LogP) is 5.34. The molecule has 0 bridgehead atoms. The number of rotatable bonds is 7. The highest BCUT2D eigenvalue weighted by molar-refractivity contribution is 6.08. The van der Waals surface area contributed by atoms with Crippen LogP contribution in [0.5, 0.6) is 5.88 Å². The van der Waals surface area contributed by atoms with Crippen LogP contribution in [0.1, 0.15) is 33.3 Å². The molecular weight excluding hydrogens is 489 g/mol. The van der Waals surface area contributed by atoms with Gasteiger partial charge in [0.05, 0.1) is 36.0 Å².